The van der Waals surface area contributed by atoms with Gasteiger partial charge in [0.25, 0.3) is 10.9 Å². The van der Waals surface area contributed by atoms with E-state index < -0.39 is 21.1 Å². The van der Waals surface area contributed by atoms with E-state index in [1.54, 1.807) is 45.3 Å². The first-order valence-electron chi connectivity index (χ1n) is 7.80. The van der Waals surface area contributed by atoms with Crippen LogP contribution in [0.4, 0.5) is 5.69 Å². The molecule has 3 rings (SSSR count). The zero-order valence-corrected chi connectivity index (χ0v) is 15.2. The highest BCUT2D eigenvalue weighted by Gasteiger charge is 2.32. The third-order valence-electron chi connectivity index (χ3n) is 3.83. The highest BCUT2D eigenvalue weighted by molar-refractivity contribution is 7.92. The van der Waals surface area contributed by atoms with Gasteiger partial charge in [-0.3, -0.25) is 4.31 Å². The Morgan fingerprint density at radius 3 is 2.69 bits per heavy atom. The average Bonchev–Trinajstić information content (AvgIpc) is 3.00. The summed E-state index contributed by atoms with van der Waals surface area (Å²) in [4.78, 5) is 19.6. The van der Waals surface area contributed by atoms with Gasteiger partial charge in [0.2, 0.25) is 0 Å². The van der Waals surface area contributed by atoms with Crippen molar-refractivity contribution >= 4 is 27.5 Å². The number of carboxylic acids is 1. The number of hydrogen-bond acceptors (Lipinski definition) is 6. The van der Waals surface area contributed by atoms with E-state index in [-0.39, 0.29) is 23.6 Å². The molecule has 2 aromatic heterocycles. The number of aryl methyl sites for hydroxylation is 2. The maximum absolute atomic E-state index is 13.1. The van der Waals surface area contributed by atoms with Gasteiger partial charge in [-0.25, -0.2) is 14.3 Å². The number of rotatable bonds is 5. The van der Waals surface area contributed by atoms with Crippen LogP contribution in [-0.4, -0.2) is 45.6 Å². The lowest BCUT2D eigenvalue weighted by Crippen LogP contribution is -2.33. The summed E-state index contributed by atoms with van der Waals surface area (Å²) in [5.74, 6) is -1.06. The summed E-state index contributed by atoms with van der Waals surface area (Å²) in [7, 11) is -4.17. The summed E-state index contributed by atoms with van der Waals surface area (Å²) >= 11 is 0. The minimum Gasteiger partial charge on any atom is -0.478 e. The predicted octanol–water partition coefficient (Wildman–Crippen LogP) is 1.65. The van der Waals surface area contributed by atoms with Crippen LogP contribution in [-0.2, 0) is 10.0 Å². The standard InChI is InChI=1S/C16H17N5O4S/c1-4-21(13-11(3)6-5-7-12(13)14(22)23)26(24,25)16-18-15-17-8-10(2)9-20(15)19-16/h5-9H,4H2,1-3H3,(H,22,23). The highest BCUT2D eigenvalue weighted by Crippen LogP contribution is 2.29. The smallest absolute Gasteiger partial charge is 0.337 e. The fraction of sp³-hybridized carbons (Fsp3) is 0.250. The highest BCUT2D eigenvalue weighted by atomic mass is 32.2. The lowest BCUT2D eigenvalue weighted by molar-refractivity contribution is 0.0697. The number of sulfonamides is 1. The van der Waals surface area contributed by atoms with Gasteiger partial charge in [-0.15, -0.1) is 5.10 Å². The molecular formula is C16H17N5O4S. The second-order valence-electron chi connectivity index (χ2n) is 5.72. The van der Waals surface area contributed by atoms with Gasteiger partial charge in [0, 0.05) is 18.9 Å². The van der Waals surface area contributed by atoms with E-state index in [4.69, 9.17) is 0 Å². The Morgan fingerprint density at radius 2 is 2.04 bits per heavy atom. The van der Waals surface area contributed by atoms with Crippen molar-refractivity contribution in [1.29, 1.82) is 0 Å². The van der Waals surface area contributed by atoms with Gasteiger partial charge in [0.05, 0.1) is 11.3 Å². The molecule has 0 aliphatic rings. The molecule has 0 amide bonds. The molecular weight excluding hydrogens is 358 g/mol. The lowest BCUT2D eigenvalue weighted by Gasteiger charge is -2.24. The van der Waals surface area contributed by atoms with Crippen LogP contribution in [0.1, 0.15) is 28.4 Å². The van der Waals surface area contributed by atoms with Crippen molar-refractivity contribution in [2.45, 2.75) is 25.9 Å². The molecule has 0 atom stereocenters. The molecule has 0 aliphatic heterocycles. The number of benzene rings is 1. The van der Waals surface area contributed by atoms with Crippen LogP contribution in [0.2, 0.25) is 0 Å². The molecule has 0 spiro atoms. The van der Waals surface area contributed by atoms with E-state index in [2.05, 4.69) is 15.1 Å². The summed E-state index contributed by atoms with van der Waals surface area (Å²) in [5, 5.41) is 13.0. The van der Waals surface area contributed by atoms with E-state index in [1.807, 2.05) is 0 Å². The summed E-state index contributed by atoms with van der Waals surface area (Å²) in [6.45, 7) is 5.10. The molecule has 0 bridgehead atoms. The average molecular weight is 375 g/mol. The quantitative estimate of drug-likeness (QED) is 0.720. The van der Waals surface area contributed by atoms with Gasteiger partial charge in [0.1, 0.15) is 0 Å². The number of carbonyl (C=O) groups is 1. The number of anilines is 1. The maximum Gasteiger partial charge on any atom is 0.337 e. The molecule has 9 nitrogen and oxygen atoms in total. The van der Waals surface area contributed by atoms with Crippen molar-refractivity contribution in [2.75, 3.05) is 10.8 Å². The van der Waals surface area contributed by atoms with Gasteiger partial charge in [-0.2, -0.15) is 13.4 Å². The molecule has 10 heteroatoms. The van der Waals surface area contributed by atoms with Crippen molar-refractivity contribution in [3.05, 3.63) is 47.3 Å². The van der Waals surface area contributed by atoms with Gasteiger partial charge < -0.3 is 5.11 Å². The summed E-state index contributed by atoms with van der Waals surface area (Å²) in [6, 6.07) is 4.59. The fourth-order valence-electron chi connectivity index (χ4n) is 2.68. The minimum absolute atomic E-state index is 0.0233. The van der Waals surface area contributed by atoms with Crippen molar-refractivity contribution in [1.82, 2.24) is 19.6 Å². The Hall–Kier alpha value is -3.01. The second-order valence-corrected chi connectivity index (χ2v) is 7.47. The summed E-state index contributed by atoms with van der Waals surface area (Å²) in [5.41, 5.74) is 1.32. The summed E-state index contributed by atoms with van der Waals surface area (Å²) < 4.78 is 28.5. The summed E-state index contributed by atoms with van der Waals surface area (Å²) in [6.07, 6.45) is 3.17. The van der Waals surface area contributed by atoms with Crippen molar-refractivity contribution in [3.8, 4) is 0 Å². The molecule has 0 aliphatic carbocycles. The van der Waals surface area contributed by atoms with Crippen LogP contribution in [0.5, 0.6) is 0 Å². The Bertz CT molecular complexity index is 1110. The first-order chi connectivity index (χ1) is 12.3. The SMILES string of the molecule is CCN(c1c(C)cccc1C(=O)O)S(=O)(=O)c1nc2ncc(C)cn2n1. The Morgan fingerprint density at radius 1 is 1.31 bits per heavy atom. The number of fused-ring (bicyclic) bond motifs is 1. The van der Waals surface area contributed by atoms with Crippen LogP contribution < -0.4 is 4.31 Å². The van der Waals surface area contributed by atoms with Crippen LogP contribution in [0.3, 0.4) is 0 Å². The Balaban J connectivity index is 2.19. The van der Waals surface area contributed by atoms with E-state index >= 15 is 0 Å². The minimum atomic E-state index is -4.17. The molecule has 0 radical (unpaired) electrons. The Kier molecular flexibility index (Phi) is 4.36. The van der Waals surface area contributed by atoms with E-state index in [0.717, 1.165) is 9.87 Å². The van der Waals surface area contributed by atoms with Crippen LogP contribution in [0.25, 0.3) is 5.78 Å². The molecule has 0 unspecified atom stereocenters. The molecule has 1 N–H and O–H groups in total. The zero-order chi connectivity index (χ0) is 19.1. The number of aromatic nitrogens is 4. The molecule has 26 heavy (non-hydrogen) atoms. The normalized spacial score (nSPS) is 11.7. The van der Waals surface area contributed by atoms with Crippen LogP contribution in [0.15, 0.2) is 35.7 Å². The number of carboxylic acid groups (broad SMARTS) is 1. The molecule has 2 heterocycles. The lowest BCUT2D eigenvalue weighted by atomic mass is 10.1. The van der Waals surface area contributed by atoms with Crippen molar-refractivity contribution in [3.63, 3.8) is 0 Å². The third kappa shape index (κ3) is 2.88. The molecule has 0 saturated carbocycles. The third-order valence-corrected chi connectivity index (χ3v) is 5.48. The van der Waals surface area contributed by atoms with Gasteiger partial charge in [-0.05, 0) is 38.0 Å². The second kappa shape index (κ2) is 6.37. The van der Waals surface area contributed by atoms with Gasteiger partial charge in [0.15, 0.2) is 0 Å². The van der Waals surface area contributed by atoms with Crippen molar-refractivity contribution in [2.24, 2.45) is 0 Å². The number of hydrogen-bond donors (Lipinski definition) is 1. The molecule has 0 fully saturated rings. The zero-order valence-electron chi connectivity index (χ0n) is 14.4. The number of para-hydroxylation sites is 1. The van der Waals surface area contributed by atoms with Gasteiger partial charge in [-0.1, -0.05) is 12.1 Å². The molecule has 3 aromatic rings. The molecule has 136 valence electrons. The maximum atomic E-state index is 13.1. The number of aromatic carboxylic acids is 1. The van der Waals surface area contributed by atoms with E-state index in [0.29, 0.717) is 5.56 Å². The monoisotopic (exact) mass is 375 g/mol. The number of nitrogens with zero attached hydrogens (tertiary/aromatic N) is 5. The van der Waals surface area contributed by atoms with E-state index in [1.165, 1.54) is 10.6 Å². The molecule has 1 aromatic carbocycles. The van der Waals surface area contributed by atoms with Crippen LogP contribution >= 0.6 is 0 Å². The predicted molar refractivity (Wildman–Crippen MR) is 93.9 cm³/mol. The topological polar surface area (TPSA) is 118 Å². The molecule has 0 saturated heterocycles. The fourth-order valence-corrected chi connectivity index (χ4v) is 4.08. The van der Waals surface area contributed by atoms with Crippen LogP contribution in [0, 0.1) is 13.8 Å². The largest absolute Gasteiger partial charge is 0.478 e. The first kappa shape index (κ1) is 17.8. The first-order valence-corrected chi connectivity index (χ1v) is 9.24. The van der Waals surface area contributed by atoms with Gasteiger partial charge >= 0.3 is 16.0 Å². The van der Waals surface area contributed by atoms with Crippen molar-refractivity contribution < 1.29 is 18.3 Å². The Labute approximate surface area is 150 Å². The van der Waals surface area contributed by atoms with E-state index in [9.17, 15) is 18.3 Å².